The molecule has 0 saturated carbocycles. The first-order valence-corrected chi connectivity index (χ1v) is 6.42. The number of nitrogens with one attached hydrogen (secondary N) is 1. The van der Waals surface area contributed by atoms with Crippen LogP contribution in [0, 0.1) is 12.7 Å². The molecule has 1 aromatic heterocycles. The molecule has 0 radical (unpaired) electrons. The Morgan fingerprint density at radius 3 is 2.70 bits per heavy atom. The van der Waals surface area contributed by atoms with E-state index in [-0.39, 0.29) is 11.9 Å². The molecule has 0 saturated heterocycles. The zero-order valence-electron chi connectivity index (χ0n) is 11.8. The molecule has 0 fully saturated rings. The van der Waals surface area contributed by atoms with E-state index in [2.05, 4.69) is 10.3 Å². The lowest BCUT2D eigenvalue weighted by Crippen LogP contribution is -2.09. The smallest absolute Gasteiger partial charge is 0.239 e. The monoisotopic (exact) mass is 275 g/mol. The average molecular weight is 275 g/mol. The molecular formula is C15H18FN3O. The van der Waals surface area contributed by atoms with Crippen molar-refractivity contribution in [3.8, 4) is 5.88 Å². The van der Waals surface area contributed by atoms with Gasteiger partial charge < -0.3 is 15.8 Å². The average Bonchev–Trinajstić information content (AvgIpc) is 2.37. The Morgan fingerprint density at radius 2 is 2.00 bits per heavy atom. The lowest BCUT2D eigenvalue weighted by Gasteiger charge is -2.14. The molecule has 1 aromatic carbocycles. The van der Waals surface area contributed by atoms with Gasteiger partial charge in [0.1, 0.15) is 11.6 Å². The highest BCUT2D eigenvalue weighted by Gasteiger charge is 2.08. The highest BCUT2D eigenvalue weighted by molar-refractivity contribution is 5.63. The molecule has 106 valence electrons. The number of hydrogen-bond donors (Lipinski definition) is 2. The van der Waals surface area contributed by atoms with Crippen molar-refractivity contribution in [3.05, 3.63) is 41.7 Å². The number of aryl methyl sites for hydroxylation is 1. The molecule has 0 atom stereocenters. The quantitative estimate of drug-likeness (QED) is 0.894. The molecule has 0 bridgehead atoms. The highest BCUT2D eigenvalue weighted by atomic mass is 19.1. The molecule has 0 spiro atoms. The highest BCUT2D eigenvalue weighted by Crippen LogP contribution is 2.25. The zero-order valence-corrected chi connectivity index (χ0v) is 11.8. The van der Waals surface area contributed by atoms with E-state index in [1.54, 1.807) is 18.2 Å². The summed E-state index contributed by atoms with van der Waals surface area (Å²) >= 11 is 0. The van der Waals surface area contributed by atoms with Crippen molar-refractivity contribution in [1.82, 2.24) is 4.98 Å². The molecule has 20 heavy (non-hydrogen) atoms. The number of nitrogens with zero attached hydrogens (tertiary/aromatic N) is 1. The van der Waals surface area contributed by atoms with Gasteiger partial charge in [-0.1, -0.05) is 6.07 Å². The molecule has 0 aliphatic heterocycles. The van der Waals surface area contributed by atoms with Gasteiger partial charge in [0.05, 0.1) is 11.8 Å². The van der Waals surface area contributed by atoms with Crippen LogP contribution in [0.1, 0.15) is 19.4 Å². The van der Waals surface area contributed by atoms with Gasteiger partial charge in [0.15, 0.2) is 0 Å². The summed E-state index contributed by atoms with van der Waals surface area (Å²) in [4.78, 5) is 4.30. The van der Waals surface area contributed by atoms with Crippen molar-refractivity contribution in [2.24, 2.45) is 0 Å². The molecule has 0 amide bonds. The van der Waals surface area contributed by atoms with Crippen molar-refractivity contribution < 1.29 is 9.13 Å². The predicted octanol–water partition coefficient (Wildman–Crippen LogP) is 3.64. The van der Waals surface area contributed by atoms with Gasteiger partial charge in [-0.2, -0.15) is 4.98 Å². The van der Waals surface area contributed by atoms with E-state index in [1.807, 2.05) is 20.8 Å². The lowest BCUT2D eigenvalue weighted by molar-refractivity contribution is 0.234. The fourth-order valence-electron chi connectivity index (χ4n) is 1.71. The number of pyridine rings is 1. The molecule has 4 nitrogen and oxygen atoms in total. The van der Waals surface area contributed by atoms with E-state index in [1.165, 1.54) is 12.1 Å². The van der Waals surface area contributed by atoms with Crippen LogP contribution in [0.3, 0.4) is 0 Å². The number of aromatic nitrogens is 1. The number of anilines is 3. The van der Waals surface area contributed by atoms with Crippen LogP contribution < -0.4 is 15.8 Å². The molecule has 0 unspecified atom stereocenters. The van der Waals surface area contributed by atoms with E-state index in [0.717, 1.165) is 5.56 Å². The first-order valence-electron chi connectivity index (χ1n) is 6.42. The summed E-state index contributed by atoms with van der Waals surface area (Å²) in [6.07, 6.45) is -0.0176. The first kappa shape index (κ1) is 14.1. The van der Waals surface area contributed by atoms with Crippen LogP contribution in [0.4, 0.5) is 21.6 Å². The third-order valence-electron chi connectivity index (χ3n) is 2.70. The largest absolute Gasteiger partial charge is 0.473 e. The van der Waals surface area contributed by atoms with Gasteiger partial charge in [-0.05, 0) is 50.6 Å². The van der Waals surface area contributed by atoms with Gasteiger partial charge in [0, 0.05) is 5.69 Å². The molecule has 2 rings (SSSR count). The lowest BCUT2D eigenvalue weighted by atomic mass is 10.2. The maximum atomic E-state index is 13.3. The Balaban J connectivity index is 2.27. The van der Waals surface area contributed by atoms with E-state index in [0.29, 0.717) is 23.1 Å². The van der Waals surface area contributed by atoms with Gasteiger partial charge in [-0.25, -0.2) is 4.39 Å². The molecule has 0 aliphatic rings. The summed E-state index contributed by atoms with van der Waals surface area (Å²) in [6.45, 7) is 5.69. The third kappa shape index (κ3) is 3.38. The summed E-state index contributed by atoms with van der Waals surface area (Å²) in [5, 5.41) is 3.07. The Morgan fingerprint density at radius 1 is 1.25 bits per heavy atom. The number of halogens is 1. The van der Waals surface area contributed by atoms with Gasteiger partial charge >= 0.3 is 0 Å². The minimum absolute atomic E-state index is 0.0176. The van der Waals surface area contributed by atoms with Crippen molar-refractivity contribution >= 4 is 17.2 Å². The number of rotatable bonds is 4. The summed E-state index contributed by atoms with van der Waals surface area (Å²) in [5.74, 6) is 0.634. The fraction of sp³-hybridized carbons (Fsp3) is 0.267. The van der Waals surface area contributed by atoms with Crippen LogP contribution in [0.25, 0.3) is 0 Å². The second-order valence-corrected chi connectivity index (χ2v) is 4.84. The zero-order chi connectivity index (χ0) is 14.7. The standard InChI is InChI=1S/C15H18FN3O/c1-9(2)20-15-12(17)6-7-14(19-15)18-13-8-11(16)5-4-10(13)3/h4-9H,17H2,1-3H3,(H,18,19). The van der Waals surface area contributed by atoms with Crippen LogP contribution in [-0.2, 0) is 0 Å². The topological polar surface area (TPSA) is 60.2 Å². The number of hydrogen-bond acceptors (Lipinski definition) is 4. The number of benzene rings is 1. The first-order chi connectivity index (χ1) is 9.45. The number of ether oxygens (including phenoxy) is 1. The van der Waals surface area contributed by atoms with Gasteiger partial charge in [0.2, 0.25) is 5.88 Å². The summed E-state index contributed by atoms with van der Waals surface area (Å²) in [6, 6.07) is 8.00. The summed E-state index contributed by atoms with van der Waals surface area (Å²) < 4.78 is 18.8. The minimum atomic E-state index is -0.299. The van der Waals surface area contributed by atoms with E-state index in [9.17, 15) is 4.39 Å². The maximum Gasteiger partial charge on any atom is 0.239 e. The summed E-state index contributed by atoms with van der Waals surface area (Å²) in [7, 11) is 0. The molecule has 0 aliphatic carbocycles. The van der Waals surface area contributed by atoms with Crippen molar-refractivity contribution in [2.45, 2.75) is 26.9 Å². The van der Waals surface area contributed by atoms with E-state index < -0.39 is 0 Å². The van der Waals surface area contributed by atoms with Gasteiger partial charge in [-0.3, -0.25) is 0 Å². The van der Waals surface area contributed by atoms with Crippen molar-refractivity contribution in [1.29, 1.82) is 0 Å². The Bertz CT molecular complexity index is 614. The van der Waals surface area contributed by atoms with Gasteiger partial charge in [-0.15, -0.1) is 0 Å². The van der Waals surface area contributed by atoms with Crippen molar-refractivity contribution in [2.75, 3.05) is 11.1 Å². The Hall–Kier alpha value is -2.30. The number of nitrogens with two attached hydrogens (primary N) is 1. The second kappa shape index (κ2) is 5.77. The molecule has 5 heteroatoms. The molecule has 1 heterocycles. The van der Waals surface area contributed by atoms with Gasteiger partial charge in [0.25, 0.3) is 0 Å². The van der Waals surface area contributed by atoms with E-state index >= 15 is 0 Å². The molecular weight excluding hydrogens is 257 g/mol. The molecule has 3 N–H and O–H groups in total. The minimum Gasteiger partial charge on any atom is -0.473 e. The Labute approximate surface area is 117 Å². The third-order valence-corrected chi connectivity index (χ3v) is 2.70. The predicted molar refractivity (Wildman–Crippen MR) is 78.8 cm³/mol. The van der Waals surface area contributed by atoms with Crippen LogP contribution in [-0.4, -0.2) is 11.1 Å². The second-order valence-electron chi connectivity index (χ2n) is 4.84. The summed E-state index contributed by atoms with van der Waals surface area (Å²) in [5.41, 5.74) is 7.87. The van der Waals surface area contributed by atoms with Crippen LogP contribution in [0.5, 0.6) is 5.88 Å². The van der Waals surface area contributed by atoms with E-state index in [4.69, 9.17) is 10.5 Å². The van der Waals surface area contributed by atoms with Crippen LogP contribution in [0.2, 0.25) is 0 Å². The fourth-order valence-corrected chi connectivity index (χ4v) is 1.71. The van der Waals surface area contributed by atoms with Crippen molar-refractivity contribution in [3.63, 3.8) is 0 Å². The number of nitrogen functional groups attached to an aromatic ring is 1. The van der Waals surface area contributed by atoms with Crippen LogP contribution in [0.15, 0.2) is 30.3 Å². The normalized spacial score (nSPS) is 10.7. The molecule has 2 aromatic rings. The SMILES string of the molecule is Cc1ccc(F)cc1Nc1ccc(N)c(OC(C)C)n1. The van der Waals surface area contributed by atoms with Crippen LogP contribution >= 0.6 is 0 Å². The Kier molecular flexibility index (Phi) is 4.08. The maximum absolute atomic E-state index is 13.3.